The summed E-state index contributed by atoms with van der Waals surface area (Å²) < 4.78 is 14.8. The summed E-state index contributed by atoms with van der Waals surface area (Å²) in [7, 11) is 0. The third-order valence-corrected chi connectivity index (χ3v) is 5.46. The number of benzene rings is 2. The number of Topliss-reactive ketones (excluding diaryl/α,β-unsaturated/α-hetero) is 1. The number of hydrogen-bond donors (Lipinski definition) is 1. The van der Waals surface area contributed by atoms with Gasteiger partial charge in [0.05, 0.1) is 11.6 Å². The van der Waals surface area contributed by atoms with Gasteiger partial charge in [0.25, 0.3) is 11.7 Å². The summed E-state index contributed by atoms with van der Waals surface area (Å²) in [6, 6.07) is 13.9. The predicted molar refractivity (Wildman–Crippen MR) is 114 cm³/mol. The van der Waals surface area contributed by atoms with Crippen molar-refractivity contribution in [1.82, 2.24) is 9.88 Å². The van der Waals surface area contributed by atoms with E-state index in [0.717, 1.165) is 11.1 Å². The molecular formula is C25H21FN2O3. The van der Waals surface area contributed by atoms with Crippen LogP contribution in [0, 0.1) is 19.7 Å². The lowest BCUT2D eigenvalue weighted by Gasteiger charge is -2.25. The second-order valence-electron chi connectivity index (χ2n) is 7.63. The topological polar surface area (TPSA) is 70.5 Å². The van der Waals surface area contributed by atoms with E-state index in [2.05, 4.69) is 4.98 Å². The Labute approximate surface area is 179 Å². The number of nitrogens with zero attached hydrogens (tertiary/aromatic N) is 2. The Bertz CT molecular complexity index is 1200. The van der Waals surface area contributed by atoms with Crippen LogP contribution in [0.15, 0.2) is 72.6 Å². The zero-order valence-electron chi connectivity index (χ0n) is 17.2. The number of pyridine rings is 1. The monoisotopic (exact) mass is 416 g/mol. The van der Waals surface area contributed by atoms with E-state index in [0.29, 0.717) is 11.1 Å². The molecule has 0 saturated carbocycles. The van der Waals surface area contributed by atoms with Crippen LogP contribution < -0.4 is 0 Å². The number of amides is 1. The van der Waals surface area contributed by atoms with Gasteiger partial charge >= 0.3 is 0 Å². The highest BCUT2D eigenvalue weighted by Crippen LogP contribution is 2.41. The normalized spacial score (nSPS) is 17.9. The van der Waals surface area contributed by atoms with Gasteiger partial charge in [0, 0.05) is 30.1 Å². The van der Waals surface area contributed by atoms with Crippen molar-refractivity contribution in [2.24, 2.45) is 0 Å². The minimum absolute atomic E-state index is 0.0565. The molecule has 1 amide bonds. The molecule has 0 bridgehead atoms. The summed E-state index contributed by atoms with van der Waals surface area (Å²) in [4.78, 5) is 31.4. The molecule has 4 rings (SSSR count). The average Bonchev–Trinajstić information content (AvgIpc) is 3.01. The summed E-state index contributed by atoms with van der Waals surface area (Å²) in [6.07, 6.45) is 3.19. The van der Waals surface area contributed by atoms with Crippen molar-refractivity contribution in [2.45, 2.75) is 26.4 Å². The maximum absolute atomic E-state index is 14.8. The number of aliphatic hydroxyl groups excluding tert-OH is 1. The van der Waals surface area contributed by atoms with Gasteiger partial charge < -0.3 is 10.0 Å². The summed E-state index contributed by atoms with van der Waals surface area (Å²) in [6.45, 7) is 3.73. The lowest BCUT2D eigenvalue weighted by Crippen LogP contribution is -2.29. The Morgan fingerprint density at radius 3 is 2.58 bits per heavy atom. The number of aliphatic hydroxyl groups is 1. The van der Waals surface area contributed by atoms with Gasteiger partial charge in [0.15, 0.2) is 0 Å². The van der Waals surface area contributed by atoms with E-state index >= 15 is 0 Å². The van der Waals surface area contributed by atoms with E-state index in [9.17, 15) is 19.1 Å². The highest BCUT2D eigenvalue weighted by molar-refractivity contribution is 6.46. The van der Waals surface area contributed by atoms with Gasteiger partial charge in [-0.15, -0.1) is 0 Å². The number of carbonyl (C=O) groups excluding carboxylic acids is 2. The minimum atomic E-state index is -1.05. The van der Waals surface area contributed by atoms with Gasteiger partial charge in [-0.3, -0.25) is 14.6 Å². The molecule has 0 radical (unpaired) electrons. The zero-order chi connectivity index (χ0) is 22.1. The second-order valence-corrected chi connectivity index (χ2v) is 7.63. The molecule has 0 aliphatic carbocycles. The first-order valence-corrected chi connectivity index (χ1v) is 9.88. The fourth-order valence-corrected chi connectivity index (χ4v) is 3.89. The van der Waals surface area contributed by atoms with E-state index in [1.165, 1.54) is 23.1 Å². The van der Waals surface area contributed by atoms with Crippen molar-refractivity contribution >= 4 is 17.4 Å². The van der Waals surface area contributed by atoms with Crippen LogP contribution in [0.5, 0.6) is 0 Å². The van der Waals surface area contributed by atoms with Crippen molar-refractivity contribution < 1.29 is 19.1 Å². The van der Waals surface area contributed by atoms with Gasteiger partial charge in [-0.05, 0) is 43.2 Å². The van der Waals surface area contributed by atoms with Crippen LogP contribution in [-0.2, 0) is 16.1 Å². The molecule has 5 nitrogen and oxygen atoms in total. The molecule has 2 heterocycles. The minimum Gasteiger partial charge on any atom is -0.507 e. The number of aryl methyl sites for hydroxylation is 2. The lowest BCUT2D eigenvalue weighted by atomic mass is 9.93. The third kappa shape index (κ3) is 3.72. The number of rotatable bonds is 4. The van der Waals surface area contributed by atoms with Crippen LogP contribution in [0.2, 0.25) is 0 Å². The van der Waals surface area contributed by atoms with E-state index in [-0.39, 0.29) is 23.4 Å². The van der Waals surface area contributed by atoms with Crippen molar-refractivity contribution in [1.29, 1.82) is 0 Å². The molecule has 1 N–H and O–H groups in total. The second kappa shape index (κ2) is 8.14. The fourth-order valence-electron chi connectivity index (χ4n) is 3.89. The van der Waals surface area contributed by atoms with Crippen LogP contribution in [0.1, 0.15) is 33.9 Å². The number of carbonyl (C=O) groups is 2. The molecule has 0 spiro atoms. The van der Waals surface area contributed by atoms with Crippen molar-refractivity contribution in [2.75, 3.05) is 0 Å². The maximum Gasteiger partial charge on any atom is 0.295 e. The van der Waals surface area contributed by atoms with E-state index in [1.54, 1.807) is 43.6 Å². The summed E-state index contributed by atoms with van der Waals surface area (Å²) in [5.74, 6) is -2.49. The number of halogens is 1. The van der Waals surface area contributed by atoms with E-state index < -0.39 is 23.5 Å². The van der Waals surface area contributed by atoms with Gasteiger partial charge in [-0.1, -0.05) is 42.0 Å². The predicted octanol–water partition coefficient (Wildman–Crippen LogP) is 4.46. The highest BCUT2D eigenvalue weighted by atomic mass is 19.1. The molecule has 2 aromatic carbocycles. The first-order valence-electron chi connectivity index (χ1n) is 9.88. The smallest absolute Gasteiger partial charge is 0.295 e. The Kier molecular flexibility index (Phi) is 5.38. The molecule has 1 aromatic heterocycles. The van der Waals surface area contributed by atoms with Crippen LogP contribution in [0.25, 0.3) is 5.76 Å². The largest absolute Gasteiger partial charge is 0.507 e. The van der Waals surface area contributed by atoms with Crippen LogP contribution >= 0.6 is 0 Å². The molecule has 31 heavy (non-hydrogen) atoms. The van der Waals surface area contributed by atoms with Gasteiger partial charge in [0.1, 0.15) is 11.6 Å². The van der Waals surface area contributed by atoms with Crippen LogP contribution in [0.3, 0.4) is 0 Å². The first-order chi connectivity index (χ1) is 14.9. The molecule has 0 unspecified atom stereocenters. The Morgan fingerprint density at radius 2 is 1.87 bits per heavy atom. The summed E-state index contributed by atoms with van der Waals surface area (Å²) >= 11 is 0. The van der Waals surface area contributed by atoms with Gasteiger partial charge in [-0.25, -0.2) is 4.39 Å². The third-order valence-electron chi connectivity index (χ3n) is 5.46. The maximum atomic E-state index is 14.8. The Balaban J connectivity index is 1.92. The Hall–Kier alpha value is -3.80. The standard InChI is InChI=1S/C25H21FN2O3/c1-15-9-10-16(2)19(12-15)23(29)21-22(18-7-3-4-8-20(18)26)28(25(31)24(21)30)14-17-6-5-11-27-13-17/h3-13,22,29H,14H2,1-2H3/t22-/m0/s1. The van der Waals surface area contributed by atoms with E-state index in [4.69, 9.17) is 0 Å². The first kappa shape index (κ1) is 20.5. The fraction of sp³-hybridized carbons (Fsp3) is 0.160. The van der Waals surface area contributed by atoms with Crippen molar-refractivity contribution in [3.8, 4) is 0 Å². The SMILES string of the molecule is Cc1ccc(C)c(C(O)=C2C(=O)C(=O)N(Cc3cccnc3)[C@H]2c2ccccc2F)c1. The van der Waals surface area contributed by atoms with Crippen LogP contribution in [0.4, 0.5) is 4.39 Å². The summed E-state index contributed by atoms with van der Waals surface area (Å²) in [5.41, 5.74) is 2.80. The van der Waals surface area contributed by atoms with Crippen molar-refractivity contribution in [3.63, 3.8) is 0 Å². The molecule has 1 fully saturated rings. The highest BCUT2D eigenvalue weighted by Gasteiger charge is 2.47. The lowest BCUT2D eigenvalue weighted by molar-refractivity contribution is -0.140. The quantitative estimate of drug-likeness (QED) is 0.387. The summed E-state index contributed by atoms with van der Waals surface area (Å²) in [5, 5.41) is 11.2. The molecule has 1 aliphatic rings. The zero-order valence-corrected chi connectivity index (χ0v) is 17.2. The molecule has 3 aromatic rings. The van der Waals surface area contributed by atoms with Crippen molar-refractivity contribution in [3.05, 3.63) is 106 Å². The number of likely N-dealkylation sites (tertiary alicyclic amines) is 1. The number of ketones is 1. The molecule has 156 valence electrons. The van der Waals surface area contributed by atoms with E-state index in [1.807, 2.05) is 19.1 Å². The molecule has 1 atom stereocenters. The van der Waals surface area contributed by atoms with Gasteiger partial charge in [0.2, 0.25) is 0 Å². The average molecular weight is 416 g/mol. The Morgan fingerprint density at radius 1 is 1.10 bits per heavy atom. The van der Waals surface area contributed by atoms with Crippen LogP contribution in [-0.4, -0.2) is 26.7 Å². The molecule has 6 heteroatoms. The number of aromatic nitrogens is 1. The molecule has 1 saturated heterocycles. The molecular weight excluding hydrogens is 395 g/mol. The molecule has 1 aliphatic heterocycles. The number of hydrogen-bond acceptors (Lipinski definition) is 4. The van der Waals surface area contributed by atoms with Gasteiger partial charge in [-0.2, -0.15) is 0 Å².